The van der Waals surface area contributed by atoms with E-state index in [2.05, 4.69) is 10.6 Å². The van der Waals surface area contributed by atoms with Gasteiger partial charge >= 0.3 is 0 Å². The van der Waals surface area contributed by atoms with Crippen molar-refractivity contribution in [2.45, 2.75) is 13.3 Å². The van der Waals surface area contributed by atoms with Crippen molar-refractivity contribution in [2.24, 2.45) is 0 Å². The van der Waals surface area contributed by atoms with Gasteiger partial charge in [-0.2, -0.15) is 0 Å². The van der Waals surface area contributed by atoms with E-state index < -0.39 is 0 Å². The molecular formula is C11H10N2O3. The highest BCUT2D eigenvalue weighted by molar-refractivity contribution is 6.13. The lowest BCUT2D eigenvalue weighted by atomic mass is 10.1. The van der Waals surface area contributed by atoms with Crippen molar-refractivity contribution in [1.82, 2.24) is 0 Å². The molecule has 1 heterocycles. The van der Waals surface area contributed by atoms with Crippen molar-refractivity contribution in [3.8, 4) is 0 Å². The summed E-state index contributed by atoms with van der Waals surface area (Å²) in [5, 5.41) is 5.16. The summed E-state index contributed by atoms with van der Waals surface area (Å²) < 4.78 is 0. The second-order valence-electron chi connectivity index (χ2n) is 3.59. The molecule has 0 radical (unpaired) electrons. The first kappa shape index (κ1) is 10.4. The van der Waals surface area contributed by atoms with Crippen LogP contribution in [-0.4, -0.2) is 17.6 Å². The molecule has 5 nitrogen and oxygen atoms in total. The molecule has 0 saturated carbocycles. The Bertz CT molecular complexity index is 494. The Morgan fingerprint density at radius 2 is 1.75 bits per heavy atom. The third-order valence-corrected chi connectivity index (χ3v) is 2.30. The van der Waals surface area contributed by atoms with E-state index in [-0.39, 0.29) is 24.0 Å². The molecule has 0 bridgehead atoms. The summed E-state index contributed by atoms with van der Waals surface area (Å²) in [5.74, 6) is -0.823. The monoisotopic (exact) mass is 218 g/mol. The van der Waals surface area contributed by atoms with E-state index in [1.165, 1.54) is 6.92 Å². The maximum Gasteiger partial charge on any atom is 0.233 e. The van der Waals surface area contributed by atoms with Crippen LogP contribution < -0.4 is 10.6 Å². The summed E-state index contributed by atoms with van der Waals surface area (Å²) >= 11 is 0. The van der Waals surface area contributed by atoms with E-state index >= 15 is 0 Å². The van der Waals surface area contributed by atoms with Crippen molar-refractivity contribution in [2.75, 3.05) is 10.6 Å². The summed E-state index contributed by atoms with van der Waals surface area (Å²) in [4.78, 5) is 33.7. The molecular weight excluding hydrogens is 208 g/mol. The third-order valence-electron chi connectivity index (χ3n) is 2.30. The molecule has 0 aliphatic carbocycles. The molecule has 1 aromatic carbocycles. The van der Waals surface area contributed by atoms with E-state index in [1.54, 1.807) is 18.2 Å². The normalized spacial score (nSPS) is 14.6. The van der Waals surface area contributed by atoms with Crippen molar-refractivity contribution in [3.05, 3.63) is 23.8 Å². The minimum Gasteiger partial charge on any atom is -0.324 e. The molecule has 1 aliphatic heterocycles. The zero-order chi connectivity index (χ0) is 11.7. The molecule has 2 amide bonds. The van der Waals surface area contributed by atoms with Crippen LogP contribution in [0.4, 0.5) is 11.4 Å². The number of carbonyl (C=O) groups excluding carboxylic acids is 3. The molecule has 0 saturated heterocycles. The van der Waals surface area contributed by atoms with E-state index in [4.69, 9.17) is 0 Å². The van der Waals surface area contributed by atoms with Crippen LogP contribution in [0.3, 0.4) is 0 Å². The van der Waals surface area contributed by atoms with Crippen molar-refractivity contribution < 1.29 is 14.4 Å². The minimum absolute atomic E-state index is 0.0902. The number of carbonyl (C=O) groups is 3. The second kappa shape index (κ2) is 3.77. The molecule has 2 N–H and O–H groups in total. The van der Waals surface area contributed by atoms with Crippen LogP contribution >= 0.6 is 0 Å². The summed E-state index contributed by atoms with van der Waals surface area (Å²) in [6.45, 7) is 1.44. The Balaban J connectivity index is 2.46. The highest BCUT2D eigenvalue weighted by Gasteiger charge is 2.18. The Morgan fingerprint density at radius 1 is 1.12 bits per heavy atom. The van der Waals surface area contributed by atoms with E-state index in [0.717, 1.165) is 0 Å². The van der Waals surface area contributed by atoms with Crippen LogP contribution in [0, 0.1) is 0 Å². The summed E-state index contributed by atoms with van der Waals surface area (Å²) in [6, 6.07) is 4.77. The molecule has 0 fully saturated rings. The van der Waals surface area contributed by atoms with E-state index in [9.17, 15) is 14.4 Å². The molecule has 0 atom stereocenters. The van der Waals surface area contributed by atoms with Gasteiger partial charge in [-0.05, 0) is 25.1 Å². The van der Waals surface area contributed by atoms with Gasteiger partial charge in [-0.1, -0.05) is 0 Å². The van der Waals surface area contributed by atoms with Gasteiger partial charge in [0.15, 0.2) is 5.78 Å². The number of hydrogen-bond donors (Lipinski definition) is 2. The first-order valence-corrected chi connectivity index (χ1v) is 4.81. The standard InChI is InChI=1S/C11H10N2O3/c1-6(14)7-2-3-8-9(4-7)13-11(16)5-10(15)12-8/h2-4H,5H2,1H3,(H,12,15)(H,13,16). The Kier molecular flexibility index (Phi) is 2.44. The minimum atomic E-state index is -0.378. The number of ketones is 1. The lowest BCUT2D eigenvalue weighted by Crippen LogP contribution is -2.16. The van der Waals surface area contributed by atoms with E-state index in [1.807, 2.05) is 0 Å². The molecule has 0 aromatic heterocycles. The van der Waals surface area contributed by atoms with Gasteiger partial charge in [0.05, 0.1) is 11.4 Å². The van der Waals surface area contributed by atoms with Gasteiger partial charge in [-0.3, -0.25) is 14.4 Å². The number of Topliss-reactive ketones (excluding diaryl/α,β-unsaturated/α-hetero) is 1. The van der Waals surface area contributed by atoms with Gasteiger partial charge in [0.2, 0.25) is 11.8 Å². The van der Waals surface area contributed by atoms with Crippen molar-refractivity contribution >= 4 is 29.0 Å². The number of nitrogens with one attached hydrogen (secondary N) is 2. The lowest BCUT2D eigenvalue weighted by Gasteiger charge is -2.07. The van der Waals surface area contributed by atoms with Gasteiger partial charge in [0.1, 0.15) is 6.42 Å². The van der Waals surface area contributed by atoms with Crippen molar-refractivity contribution in [1.29, 1.82) is 0 Å². The van der Waals surface area contributed by atoms with Gasteiger partial charge in [-0.25, -0.2) is 0 Å². The molecule has 1 aliphatic rings. The molecule has 0 spiro atoms. The zero-order valence-corrected chi connectivity index (χ0v) is 8.66. The average Bonchev–Trinajstić information content (AvgIpc) is 2.32. The summed E-state index contributed by atoms with van der Waals surface area (Å²) in [7, 11) is 0. The molecule has 16 heavy (non-hydrogen) atoms. The molecule has 2 rings (SSSR count). The quantitative estimate of drug-likeness (QED) is 0.548. The smallest absolute Gasteiger partial charge is 0.233 e. The van der Waals surface area contributed by atoms with Crippen LogP contribution in [0.2, 0.25) is 0 Å². The predicted molar refractivity (Wildman–Crippen MR) is 58.3 cm³/mol. The predicted octanol–water partition coefficient (Wildman–Crippen LogP) is 1.17. The van der Waals surface area contributed by atoms with Gasteiger partial charge in [0, 0.05) is 5.56 Å². The van der Waals surface area contributed by atoms with Gasteiger partial charge in [-0.15, -0.1) is 0 Å². The number of fused-ring (bicyclic) bond motifs is 1. The Labute approximate surface area is 91.8 Å². The first-order valence-electron chi connectivity index (χ1n) is 4.81. The lowest BCUT2D eigenvalue weighted by molar-refractivity contribution is -0.123. The van der Waals surface area contributed by atoms with Gasteiger partial charge in [0.25, 0.3) is 0 Å². The van der Waals surface area contributed by atoms with Crippen LogP contribution in [0.25, 0.3) is 0 Å². The molecule has 0 unspecified atom stereocenters. The van der Waals surface area contributed by atoms with Crippen LogP contribution in [0.1, 0.15) is 23.7 Å². The van der Waals surface area contributed by atoms with E-state index in [0.29, 0.717) is 16.9 Å². The Morgan fingerprint density at radius 3 is 2.38 bits per heavy atom. The number of amides is 2. The SMILES string of the molecule is CC(=O)c1ccc2c(c1)NC(=O)CC(=O)N2. The van der Waals surface area contributed by atoms with Crippen LogP contribution in [0.5, 0.6) is 0 Å². The maximum atomic E-state index is 11.3. The fraction of sp³-hybridized carbons (Fsp3) is 0.182. The van der Waals surface area contributed by atoms with Crippen LogP contribution in [-0.2, 0) is 9.59 Å². The number of benzene rings is 1. The number of hydrogen-bond acceptors (Lipinski definition) is 3. The molecule has 1 aromatic rings. The highest BCUT2D eigenvalue weighted by Crippen LogP contribution is 2.25. The first-order chi connectivity index (χ1) is 7.56. The molecule has 5 heteroatoms. The Hall–Kier alpha value is -2.17. The maximum absolute atomic E-state index is 11.3. The summed E-state index contributed by atoms with van der Waals surface area (Å²) in [6.07, 6.45) is -0.204. The zero-order valence-electron chi connectivity index (χ0n) is 8.66. The topological polar surface area (TPSA) is 75.3 Å². The second-order valence-corrected chi connectivity index (χ2v) is 3.59. The van der Waals surface area contributed by atoms with Gasteiger partial charge < -0.3 is 10.6 Å². The third kappa shape index (κ3) is 1.93. The largest absolute Gasteiger partial charge is 0.324 e. The molecule has 82 valence electrons. The van der Waals surface area contributed by atoms with Crippen molar-refractivity contribution in [3.63, 3.8) is 0 Å². The number of rotatable bonds is 1. The fourth-order valence-electron chi connectivity index (χ4n) is 1.51. The fourth-order valence-corrected chi connectivity index (χ4v) is 1.51. The average molecular weight is 218 g/mol. The van der Waals surface area contributed by atoms with Crippen LogP contribution in [0.15, 0.2) is 18.2 Å². The number of anilines is 2. The highest BCUT2D eigenvalue weighted by atomic mass is 16.2. The summed E-state index contributed by atoms with van der Waals surface area (Å²) in [5.41, 5.74) is 1.47.